The van der Waals surface area contributed by atoms with Crippen LogP contribution in [-0.2, 0) is 65.4 Å². The lowest BCUT2D eigenvalue weighted by Crippen LogP contribution is -2.37. The Labute approximate surface area is 411 Å². The van der Waals surface area contributed by atoms with Crippen LogP contribution < -0.4 is 9.79 Å². The minimum Gasteiger partial charge on any atom is -0.756 e. The Balaban J connectivity index is 0. The molecule has 0 saturated carbocycles. The van der Waals surface area contributed by atoms with Crippen LogP contribution in [0.3, 0.4) is 0 Å². The lowest BCUT2D eigenvalue weighted by atomic mass is 10.1. The van der Waals surface area contributed by atoms with E-state index in [0.29, 0.717) is 34.9 Å². The van der Waals surface area contributed by atoms with E-state index in [-0.39, 0.29) is 52.1 Å². The first-order valence-electron chi connectivity index (χ1n) is 25.5. The van der Waals surface area contributed by atoms with Crippen molar-refractivity contribution in [2.45, 2.75) is 194 Å². The monoisotopic (exact) mass is 1020 g/mol. The molecule has 20 heteroatoms. The molecule has 0 fully saturated rings. The molecule has 18 nitrogen and oxygen atoms in total. The lowest BCUT2D eigenvalue weighted by Gasteiger charge is -2.28. The van der Waals surface area contributed by atoms with Crippen LogP contribution in [-0.4, -0.2) is 140 Å². The first-order chi connectivity index (χ1) is 32.0. The average Bonchev–Trinajstić information content (AvgIpc) is 3.24. The fourth-order valence-electron chi connectivity index (χ4n) is 6.01. The second-order valence-electron chi connectivity index (χ2n) is 19.4. The summed E-state index contributed by atoms with van der Waals surface area (Å²) in [5.41, 5.74) is 0. The smallest absolute Gasteiger partial charge is 0.306 e. The third-order valence-electron chi connectivity index (χ3n) is 10.3. The molecule has 0 saturated heterocycles. The molecule has 0 aromatic carbocycles. The number of ether oxygens (including phenoxy) is 4. The zero-order valence-corrected chi connectivity index (χ0v) is 45.9. The number of unbranched alkanes of at least 4 members (excludes halogenated alkanes) is 16. The van der Waals surface area contributed by atoms with Gasteiger partial charge in [0.1, 0.15) is 39.5 Å². The molecule has 0 heterocycles. The Bertz CT molecular complexity index is 1290. The van der Waals surface area contributed by atoms with Crippen LogP contribution in [0.1, 0.15) is 182 Å². The van der Waals surface area contributed by atoms with E-state index in [1.807, 2.05) is 42.3 Å². The minimum absolute atomic E-state index is 0.0283. The Morgan fingerprint density at radius 3 is 0.926 bits per heavy atom. The van der Waals surface area contributed by atoms with Gasteiger partial charge in [-0.2, -0.15) is 0 Å². The van der Waals surface area contributed by atoms with Crippen molar-refractivity contribution in [1.82, 2.24) is 0 Å². The van der Waals surface area contributed by atoms with Gasteiger partial charge in [-0.15, -0.1) is 0 Å². The Hall–Kier alpha value is -1.98. The minimum atomic E-state index is -4.58. The number of phosphoric acid groups is 2. The zero-order valence-electron chi connectivity index (χ0n) is 44.1. The summed E-state index contributed by atoms with van der Waals surface area (Å²) in [6.07, 6.45) is 18.8. The highest BCUT2D eigenvalue weighted by Crippen LogP contribution is 2.39. The maximum absolute atomic E-state index is 12.2. The van der Waals surface area contributed by atoms with Gasteiger partial charge in [-0.25, -0.2) is 0 Å². The molecular formula is C48H96N2O16P2. The second-order valence-corrected chi connectivity index (χ2v) is 22.2. The molecule has 4 atom stereocenters. The van der Waals surface area contributed by atoms with Crippen LogP contribution >= 0.6 is 15.6 Å². The third-order valence-corrected chi connectivity index (χ3v) is 12.2. The molecule has 0 aliphatic heterocycles. The summed E-state index contributed by atoms with van der Waals surface area (Å²) in [5.74, 6) is -1.73. The number of esters is 4. The van der Waals surface area contributed by atoms with Gasteiger partial charge in [-0.05, 0) is 25.7 Å². The van der Waals surface area contributed by atoms with E-state index in [1.165, 1.54) is 0 Å². The fraction of sp³-hybridized carbons (Fsp3) is 0.917. The Morgan fingerprint density at radius 1 is 0.397 bits per heavy atom. The van der Waals surface area contributed by atoms with Gasteiger partial charge >= 0.3 is 23.9 Å². The van der Waals surface area contributed by atoms with Crippen molar-refractivity contribution in [3.05, 3.63) is 0 Å². The van der Waals surface area contributed by atoms with E-state index in [2.05, 4.69) is 27.7 Å². The van der Waals surface area contributed by atoms with Gasteiger partial charge in [0.2, 0.25) is 0 Å². The van der Waals surface area contributed by atoms with Gasteiger partial charge in [0, 0.05) is 25.7 Å². The molecule has 0 radical (unpaired) electrons. The van der Waals surface area contributed by atoms with Crippen LogP contribution in [0.5, 0.6) is 0 Å². The molecule has 0 rings (SSSR count). The van der Waals surface area contributed by atoms with Crippen molar-refractivity contribution in [2.75, 3.05) is 95.0 Å². The molecule has 0 amide bonds. The average molecular weight is 1020 g/mol. The second kappa shape index (κ2) is 41.6. The van der Waals surface area contributed by atoms with E-state index in [9.17, 15) is 38.1 Å². The number of likely N-dealkylation sites (N-methyl/N-ethyl adjacent to an activating group) is 2. The number of carbonyl (C=O) groups excluding carboxylic acids is 4. The largest absolute Gasteiger partial charge is 0.756 e. The van der Waals surface area contributed by atoms with Crippen LogP contribution in [0.25, 0.3) is 0 Å². The molecule has 0 spiro atoms. The van der Waals surface area contributed by atoms with Crippen molar-refractivity contribution in [2.24, 2.45) is 0 Å². The highest BCUT2D eigenvalue weighted by molar-refractivity contribution is 7.46. The summed E-state index contributed by atoms with van der Waals surface area (Å²) < 4.78 is 66.0. The van der Waals surface area contributed by atoms with Crippen LogP contribution in [0.15, 0.2) is 0 Å². The standard InChI is InChI=1S/2C24H48NO8P/c2*1-6-8-10-12-14-16-23(26)30-20-22(33-24(27)17-15-13-11-9-7-2)21-32-34(28,29)31-19-18-25(3,4)5/h2*22H,6-21H2,1-5H3/t2*22-/m11/s1. The van der Waals surface area contributed by atoms with Gasteiger partial charge in [0.25, 0.3) is 15.6 Å². The van der Waals surface area contributed by atoms with E-state index < -0.39 is 64.9 Å². The predicted octanol–water partition coefficient (Wildman–Crippen LogP) is 8.74. The number of quaternary nitrogens is 2. The molecule has 0 N–H and O–H groups in total. The van der Waals surface area contributed by atoms with Crippen molar-refractivity contribution in [3.63, 3.8) is 0 Å². The summed E-state index contributed by atoms with van der Waals surface area (Å²) in [5, 5.41) is 0. The van der Waals surface area contributed by atoms with Crippen molar-refractivity contribution >= 4 is 39.5 Å². The van der Waals surface area contributed by atoms with E-state index in [4.69, 9.17) is 37.0 Å². The number of hydrogen-bond acceptors (Lipinski definition) is 16. The number of hydrogen-bond donors (Lipinski definition) is 0. The third kappa shape index (κ3) is 49.0. The Morgan fingerprint density at radius 2 is 0.662 bits per heavy atom. The number of phosphoric ester groups is 2. The highest BCUT2D eigenvalue weighted by atomic mass is 31.2. The summed E-state index contributed by atoms with van der Waals surface area (Å²) in [7, 11) is 2.32. The molecule has 0 aliphatic carbocycles. The van der Waals surface area contributed by atoms with Crippen molar-refractivity contribution in [3.8, 4) is 0 Å². The molecule has 404 valence electrons. The first-order valence-corrected chi connectivity index (χ1v) is 28.4. The van der Waals surface area contributed by atoms with Crippen molar-refractivity contribution in [1.29, 1.82) is 0 Å². The normalized spacial score (nSPS) is 14.4. The molecule has 0 aliphatic rings. The van der Waals surface area contributed by atoms with E-state index in [1.54, 1.807) is 0 Å². The quantitative estimate of drug-likeness (QED) is 0.0183. The maximum Gasteiger partial charge on any atom is 0.306 e. The number of rotatable bonds is 44. The van der Waals surface area contributed by atoms with Crippen LogP contribution in [0.4, 0.5) is 0 Å². The van der Waals surface area contributed by atoms with Gasteiger partial charge < -0.3 is 55.8 Å². The summed E-state index contributed by atoms with van der Waals surface area (Å²) in [4.78, 5) is 72.6. The molecule has 2 unspecified atom stereocenters. The Kier molecular flexibility index (Phi) is 41.7. The van der Waals surface area contributed by atoms with E-state index in [0.717, 1.165) is 116 Å². The SMILES string of the molecule is CCCCCCCC(=O)OC[C@H](COP(=O)([O-])OCC[N+](C)(C)C)OC(=O)CCCCCCC.CCCCCCCC(=O)OC[C@H](COP(=O)([O-])OCC[N+](C)(C)C)OC(=O)CCCCCCC. The number of nitrogens with zero attached hydrogens (tertiary/aromatic N) is 2. The van der Waals surface area contributed by atoms with Crippen LogP contribution in [0, 0.1) is 0 Å². The summed E-state index contributed by atoms with van der Waals surface area (Å²) >= 11 is 0. The molecular weight excluding hydrogens is 922 g/mol. The molecule has 68 heavy (non-hydrogen) atoms. The van der Waals surface area contributed by atoms with Crippen molar-refractivity contribution < 1.29 is 84.1 Å². The van der Waals surface area contributed by atoms with Gasteiger partial charge in [0.15, 0.2) is 12.2 Å². The molecule has 0 bridgehead atoms. The first kappa shape index (κ1) is 68.1. The molecule has 0 aromatic heterocycles. The topological polar surface area (TPSA) is 222 Å². The highest BCUT2D eigenvalue weighted by Gasteiger charge is 2.23. The van der Waals surface area contributed by atoms with Gasteiger partial charge in [-0.3, -0.25) is 28.3 Å². The summed E-state index contributed by atoms with van der Waals surface area (Å²) in [6, 6.07) is 0. The van der Waals surface area contributed by atoms with Gasteiger partial charge in [-0.1, -0.05) is 130 Å². The zero-order chi connectivity index (χ0) is 51.7. The predicted molar refractivity (Wildman–Crippen MR) is 260 cm³/mol. The van der Waals surface area contributed by atoms with E-state index >= 15 is 0 Å². The summed E-state index contributed by atoms with van der Waals surface area (Å²) in [6.45, 7) is 7.94. The lowest BCUT2D eigenvalue weighted by molar-refractivity contribution is -0.870. The fourth-order valence-corrected chi connectivity index (χ4v) is 7.46. The van der Waals surface area contributed by atoms with Gasteiger partial charge in [0.05, 0.1) is 55.5 Å². The molecule has 0 aromatic rings. The van der Waals surface area contributed by atoms with Crippen LogP contribution in [0.2, 0.25) is 0 Å². The maximum atomic E-state index is 12.2. The number of carbonyl (C=O) groups is 4.